The van der Waals surface area contributed by atoms with Crippen LogP contribution in [0.4, 0.5) is 18.9 Å². The average Bonchev–Trinajstić information content (AvgIpc) is 3.34. The number of likely N-dealkylation sites (tertiary alicyclic amines) is 1. The molecule has 43 heavy (non-hydrogen) atoms. The summed E-state index contributed by atoms with van der Waals surface area (Å²) in [5.41, 5.74) is 4.28. The van der Waals surface area contributed by atoms with Gasteiger partial charge in [-0.2, -0.15) is 18.3 Å². The first-order chi connectivity index (χ1) is 20.6. The highest BCUT2D eigenvalue weighted by Gasteiger charge is 2.34. The lowest BCUT2D eigenvalue weighted by molar-refractivity contribution is -0.137. The van der Waals surface area contributed by atoms with Crippen molar-refractivity contribution >= 4 is 17.5 Å². The van der Waals surface area contributed by atoms with E-state index >= 15 is 0 Å². The molecule has 3 aliphatic heterocycles. The molecule has 1 aromatic heterocycles. The minimum absolute atomic E-state index is 0.0741. The number of alkyl halides is 3. The zero-order valence-corrected chi connectivity index (χ0v) is 24.2. The van der Waals surface area contributed by atoms with E-state index in [-0.39, 0.29) is 24.4 Å². The van der Waals surface area contributed by atoms with Crippen molar-refractivity contribution in [2.75, 3.05) is 31.1 Å². The lowest BCUT2D eigenvalue weighted by atomic mass is 9.95. The van der Waals surface area contributed by atoms with Crippen molar-refractivity contribution in [2.24, 2.45) is 0 Å². The molecule has 6 rings (SSSR count). The van der Waals surface area contributed by atoms with Gasteiger partial charge in [0.2, 0.25) is 11.8 Å². The maximum Gasteiger partial charge on any atom is 0.416 e. The lowest BCUT2D eigenvalue weighted by Gasteiger charge is -2.41. The zero-order chi connectivity index (χ0) is 30.3. The van der Waals surface area contributed by atoms with Gasteiger partial charge in [-0.25, -0.2) is 0 Å². The first kappa shape index (κ1) is 29.4. The normalized spacial score (nSPS) is 18.9. The van der Waals surface area contributed by atoms with E-state index in [4.69, 9.17) is 5.10 Å². The van der Waals surface area contributed by atoms with E-state index < -0.39 is 17.8 Å². The van der Waals surface area contributed by atoms with Crippen LogP contribution in [0.3, 0.4) is 0 Å². The number of aliphatic hydroxyl groups is 1. The fourth-order valence-electron chi connectivity index (χ4n) is 6.73. The van der Waals surface area contributed by atoms with Crippen molar-refractivity contribution in [1.82, 2.24) is 19.6 Å². The Morgan fingerprint density at radius 1 is 1.00 bits per heavy atom. The maximum absolute atomic E-state index is 13.2. The molecule has 11 heteroatoms. The third-order valence-electron chi connectivity index (χ3n) is 8.97. The minimum Gasteiger partial charge on any atom is -0.390 e. The van der Waals surface area contributed by atoms with Gasteiger partial charge in [-0.3, -0.25) is 14.3 Å². The number of β-amino-alcohol motifs (C(OH)–C–C–N with tert-alkyl or cyclic N) is 1. The predicted octanol–water partition coefficient (Wildman–Crippen LogP) is 4.28. The van der Waals surface area contributed by atoms with Gasteiger partial charge < -0.3 is 19.8 Å². The molecular formula is C32H36F3N5O3. The molecule has 8 nitrogen and oxygen atoms in total. The van der Waals surface area contributed by atoms with E-state index in [9.17, 15) is 27.9 Å². The molecule has 0 aliphatic carbocycles. The molecule has 1 atom stereocenters. The van der Waals surface area contributed by atoms with E-state index in [0.717, 1.165) is 61.4 Å². The third kappa shape index (κ3) is 6.05. The van der Waals surface area contributed by atoms with Crippen LogP contribution in [0, 0.1) is 0 Å². The number of hydrogen-bond acceptors (Lipinski definition) is 5. The number of rotatable bonds is 6. The number of piperidine rings is 1. The highest BCUT2D eigenvalue weighted by molar-refractivity contribution is 5.97. The number of carbonyl (C=O) groups is 2. The molecule has 0 spiro atoms. The number of nitrogens with zero attached hydrogens (tertiary/aromatic N) is 5. The molecule has 2 amide bonds. The number of para-hydroxylation sites is 1. The number of halogens is 3. The number of hydrogen-bond donors (Lipinski definition) is 1. The van der Waals surface area contributed by atoms with Crippen LogP contribution >= 0.6 is 0 Å². The summed E-state index contributed by atoms with van der Waals surface area (Å²) in [6.07, 6.45) is -1.65. The molecule has 1 fully saturated rings. The fraction of sp³-hybridized carbons (Fsp3) is 0.469. The van der Waals surface area contributed by atoms with Crippen LogP contribution in [0.2, 0.25) is 0 Å². The fourth-order valence-corrected chi connectivity index (χ4v) is 6.73. The van der Waals surface area contributed by atoms with Gasteiger partial charge in [-0.15, -0.1) is 0 Å². The summed E-state index contributed by atoms with van der Waals surface area (Å²) < 4.78 is 41.2. The molecule has 4 heterocycles. The molecule has 1 N–H and O–H groups in total. The Morgan fingerprint density at radius 3 is 2.42 bits per heavy atom. The Labute approximate surface area is 248 Å². The maximum atomic E-state index is 13.2. The van der Waals surface area contributed by atoms with E-state index in [1.807, 2.05) is 23.1 Å². The Balaban J connectivity index is 1.14. The highest BCUT2D eigenvalue weighted by atomic mass is 19.4. The van der Waals surface area contributed by atoms with Gasteiger partial charge in [-0.1, -0.05) is 30.3 Å². The Kier molecular flexibility index (Phi) is 8.04. The van der Waals surface area contributed by atoms with Crippen LogP contribution in [-0.2, 0) is 41.7 Å². The second-order valence-corrected chi connectivity index (χ2v) is 11.8. The number of aromatic nitrogens is 2. The highest BCUT2D eigenvalue weighted by Crippen LogP contribution is 2.35. The number of fused-ring (bicyclic) bond motifs is 2. The summed E-state index contributed by atoms with van der Waals surface area (Å²) in [6, 6.07) is 13.2. The topological polar surface area (TPSA) is 81.9 Å². The molecule has 1 unspecified atom stereocenters. The van der Waals surface area contributed by atoms with Crippen molar-refractivity contribution < 1.29 is 27.9 Å². The Hall–Kier alpha value is -3.70. The van der Waals surface area contributed by atoms with E-state index in [2.05, 4.69) is 11.0 Å². The second-order valence-electron chi connectivity index (χ2n) is 11.8. The summed E-state index contributed by atoms with van der Waals surface area (Å²) in [7, 11) is 0. The number of amides is 2. The zero-order valence-electron chi connectivity index (χ0n) is 24.2. The molecular weight excluding hydrogens is 559 g/mol. The van der Waals surface area contributed by atoms with Crippen molar-refractivity contribution in [3.05, 3.63) is 70.9 Å². The van der Waals surface area contributed by atoms with Gasteiger partial charge in [-0.05, 0) is 43.0 Å². The number of anilines is 1. The van der Waals surface area contributed by atoms with Crippen LogP contribution in [0.5, 0.6) is 0 Å². The van der Waals surface area contributed by atoms with Crippen LogP contribution < -0.4 is 4.90 Å². The lowest BCUT2D eigenvalue weighted by Crippen LogP contribution is -2.50. The third-order valence-corrected chi connectivity index (χ3v) is 8.97. The number of benzene rings is 2. The predicted molar refractivity (Wildman–Crippen MR) is 155 cm³/mol. The molecule has 3 aliphatic rings. The van der Waals surface area contributed by atoms with Crippen LogP contribution in [0.1, 0.15) is 48.6 Å². The summed E-state index contributed by atoms with van der Waals surface area (Å²) in [5.74, 6) is 0.0998. The largest absolute Gasteiger partial charge is 0.416 e. The summed E-state index contributed by atoms with van der Waals surface area (Å²) in [6.45, 7) is 4.54. The van der Waals surface area contributed by atoms with Crippen LogP contribution in [0.15, 0.2) is 48.5 Å². The smallest absolute Gasteiger partial charge is 0.390 e. The van der Waals surface area contributed by atoms with Crippen LogP contribution in [-0.4, -0.2) is 74.8 Å². The molecule has 3 aromatic rings. The van der Waals surface area contributed by atoms with Gasteiger partial charge in [0.15, 0.2) is 0 Å². The van der Waals surface area contributed by atoms with Gasteiger partial charge in [0.1, 0.15) is 0 Å². The van der Waals surface area contributed by atoms with E-state index in [1.54, 1.807) is 9.58 Å². The molecule has 2 aromatic carbocycles. The Bertz CT molecular complexity index is 1490. The minimum atomic E-state index is -4.44. The number of aliphatic hydroxyl groups excluding tert-OH is 1. The first-order valence-corrected chi connectivity index (χ1v) is 14.9. The molecule has 0 radical (unpaired) electrons. The van der Waals surface area contributed by atoms with E-state index in [1.165, 1.54) is 24.6 Å². The molecule has 1 saturated heterocycles. The molecule has 0 saturated carbocycles. The quantitative estimate of drug-likeness (QED) is 0.460. The average molecular weight is 596 g/mol. The molecule has 0 bridgehead atoms. The number of aryl methyl sites for hydroxylation is 1. The van der Waals surface area contributed by atoms with Crippen molar-refractivity contribution in [3.63, 3.8) is 0 Å². The Morgan fingerprint density at radius 2 is 1.72 bits per heavy atom. The van der Waals surface area contributed by atoms with Crippen molar-refractivity contribution in [3.8, 4) is 11.3 Å². The monoisotopic (exact) mass is 595 g/mol. The second kappa shape index (κ2) is 11.8. The van der Waals surface area contributed by atoms with Gasteiger partial charge in [0, 0.05) is 81.0 Å². The van der Waals surface area contributed by atoms with Gasteiger partial charge in [0.05, 0.1) is 23.9 Å². The van der Waals surface area contributed by atoms with Crippen LogP contribution in [0.25, 0.3) is 11.3 Å². The molecule has 228 valence electrons. The van der Waals surface area contributed by atoms with E-state index in [0.29, 0.717) is 43.7 Å². The van der Waals surface area contributed by atoms with Gasteiger partial charge >= 0.3 is 6.18 Å². The summed E-state index contributed by atoms with van der Waals surface area (Å²) >= 11 is 0. The first-order valence-electron chi connectivity index (χ1n) is 14.9. The summed E-state index contributed by atoms with van der Waals surface area (Å²) in [5, 5.41) is 15.9. The summed E-state index contributed by atoms with van der Waals surface area (Å²) in [4.78, 5) is 30.9. The standard InChI is InChI=1S/C32H36F3N5O3/c1-21(41)38-17-14-29-27(20-38)31(23-6-9-24(10-7-23)32(33,34)35)36-39(29)19-26(42)18-37-15-12-25(13-16-37)40-28-5-3-2-4-22(28)8-11-30(40)43/h2-7,9-10,25-26,42H,8,11-20H2,1H3. The SMILES string of the molecule is CC(=O)N1CCc2c(c(-c3ccc(C(F)(F)F)cc3)nn2CC(O)CN2CCC(N3C(=O)CCc4ccccc43)CC2)C1. The number of carbonyl (C=O) groups excluding carboxylic acids is 2. The van der Waals surface area contributed by atoms with Crippen molar-refractivity contribution in [1.29, 1.82) is 0 Å². The van der Waals surface area contributed by atoms with Crippen molar-refractivity contribution in [2.45, 2.75) is 70.4 Å². The van der Waals surface area contributed by atoms with Gasteiger partial charge in [0.25, 0.3) is 0 Å².